The molecule has 0 saturated heterocycles. The third kappa shape index (κ3) is 7.54. The predicted octanol–water partition coefficient (Wildman–Crippen LogP) is -0.572. The molecule has 1 N–H and O–H groups in total. The number of carbonyl (C=O) groups is 1. The van der Waals surface area contributed by atoms with Crippen molar-refractivity contribution in [1.29, 1.82) is 0 Å². The van der Waals surface area contributed by atoms with Gasteiger partial charge >= 0.3 is 57.4 Å². The Hall–Kier alpha value is 0.0364. The van der Waals surface area contributed by atoms with E-state index in [1.165, 1.54) is 0 Å². The molecule has 0 aromatic heterocycles. The topological polar surface area (TPSA) is 104 Å². The molecule has 0 fully saturated rings. The summed E-state index contributed by atoms with van der Waals surface area (Å²) in [5.74, 6) is -1.40. The van der Waals surface area contributed by atoms with Gasteiger partial charge in [-0.1, -0.05) is 32.6 Å². The molecular weight excluding hydrogens is 335 g/mol. The molecule has 0 saturated carbocycles. The van der Waals surface area contributed by atoms with Gasteiger partial charge in [0.1, 0.15) is 15.9 Å². The molecule has 0 aliphatic carbocycles. The fourth-order valence-corrected chi connectivity index (χ4v) is 2.36. The van der Waals surface area contributed by atoms with Crippen molar-refractivity contribution in [3.05, 3.63) is 23.8 Å². The van der Waals surface area contributed by atoms with E-state index in [2.05, 4.69) is 6.92 Å². The number of phenols is 1. The van der Waals surface area contributed by atoms with Gasteiger partial charge in [-0.15, -0.1) is 0 Å². The molecule has 22 heavy (non-hydrogen) atoms. The molecule has 0 heterocycles. The fraction of sp³-hybridized carbons (Fsp3) is 0.500. The number of ether oxygens (including phenoxy) is 1. The summed E-state index contributed by atoms with van der Waals surface area (Å²) >= 11 is 0. The van der Waals surface area contributed by atoms with Gasteiger partial charge in [-0.05, 0) is 24.6 Å². The molecule has 0 amide bonds. The second-order valence-electron chi connectivity index (χ2n) is 4.69. The standard InChI is InChI=1S/C14H20O6S.K/c1-2-3-4-5-6-9-20-14(16)11-7-8-13(12(15)10-11)21(17,18)19;/h7-8,10,15H,2-6,9H2,1H3,(H,17,18,19);/q;+1/p-1. The van der Waals surface area contributed by atoms with Crippen LogP contribution in [0.4, 0.5) is 0 Å². The molecule has 1 aromatic rings. The zero-order valence-corrected chi connectivity index (χ0v) is 16.8. The van der Waals surface area contributed by atoms with Crippen LogP contribution in [-0.2, 0) is 14.9 Å². The Kier molecular flexibility index (Phi) is 10.8. The average Bonchev–Trinajstić information content (AvgIpc) is 2.41. The molecule has 0 radical (unpaired) electrons. The van der Waals surface area contributed by atoms with Crippen LogP contribution >= 0.6 is 0 Å². The maximum atomic E-state index is 11.7. The van der Waals surface area contributed by atoms with E-state index >= 15 is 0 Å². The first-order valence-corrected chi connectivity index (χ1v) is 8.23. The van der Waals surface area contributed by atoms with Crippen molar-refractivity contribution in [2.75, 3.05) is 6.61 Å². The summed E-state index contributed by atoms with van der Waals surface area (Å²) in [6.45, 7) is 2.38. The smallest absolute Gasteiger partial charge is 0.744 e. The van der Waals surface area contributed by atoms with E-state index in [1.54, 1.807) is 0 Å². The van der Waals surface area contributed by atoms with Crippen molar-refractivity contribution >= 4 is 16.1 Å². The Morgan fingerprint density at radius 1 is 1.23 bits per heavy atom. The number of hydrogen-bond acceptors (Lipinski definition) is 6. The van der Waals surface area contributed by atoms with Crippen LogP contribution in [0.15, 0.2) is 23.1 Å². The van der Waals surface area contributed by atoms with Crippen molar-refractivity contribution in [2.24, 2.45) is 0 Å². The van der Waals surface area contributed by atoms with Gasteiger partial charge in [0.2, 0.25) is 0 Å². The molecule has 1 rings (SSSR count). The zero-order valence-electron chi connectivity index (χ0n) is 12.9. The number of unbranched alkanes of at least 4 members (excludes halogenated alkanes) is 4. The Bertz CT molecular complexity index is 585. The van der Waals surface area contributed by atoms with E-state index in [0.717, 1.165) is 50.3 Å². The molecule has 6 nitrogen and oxygen atoms in total. The minimum Gasteiger partial charge on any atom is -0.744 e. The van der Waals surface area contributed by atoms with E-state index < -0.39 is 26.7 Å². The number of benzene rings is 1. The first kappa shape index (κ1) is 22.0. The predicted molar refractivity (Wildman–Crippen MR) is 75.1 cm³/mol. The number of hydrogen-bond donors (Lipinski definition) is 1. The summed E-state index contributed by atoms with van der Waals surface area (Å²) in [6, 6.07) is 2.96. The first-order valence-electron chi connectivity index (χ1n) is 6.82. The van der Waals surface area contributed by atoms with Gasteiger partial charge < -0.3 is 14.4 Å². The first-order chi connectivity index (χ1) is 9.86. The second-order valence-corrected chi connectivity index (χ2v) is 6.03. The Morgan fingerprint density at radius 3 is 2.41 bits per heavy atom. The monoisotopic (exact) mass is 354 g/mol. The van der Waals surface area contributed by atoms with E-state index in [9.17, 15) is 22.9 Å². The number of esters is 1. The minimum absolute atomic E-state index is 0. The van der Waals surface area contributed by atoms with E-state index in [-0.39, 0.29) is 63.6 Å². The Balaban J connectivity index is 0.00000441. The molecule has 8 heteroatoms. The quantitative estimate of drug-likeness (QED) is 0.290. The summed E-state index contributed by atoms with van der Waals surface area (Å²) in [4.78, 5) is 10.9. The van der Waals surface area contributed by atoms with E-state index in [4.69, 9.17) is 4.74 Å². The molecule has 0 aliphatic heterocycles. The van der Waals surface area contributed by atoms with Crippen molar-refractivity contribution in [3.63, 3.8) is 0 Å². The van der Waals surface area contributed by atoms with E-state index in [0.29, 0.717) is 0 Å². The van der Waals surface area contributed by atoms with Crippen LogP contribution in [0, 0.1) is 0 Å². The van der Waals surface area contributed by atoms with Crippen LogP contribution in [0.2, 0.25) is 0 Å². The molecule has 1 aromatic carbocycles. The van der Waals surface area contributed by atoms with Gasteiger partial charge in [0.15, 0.2) is 0 Å². The van der Waals surface area contributed by atoms with Gasteiger partial charge in [0, 0.05) is 0 Å². The van der Waals surface area contributed by atoms with Gasteiger partial charge in [0.25, 0.3) is 0 Å². The van der Waals surface area contributed by atoms with Crippen LogP contribution in [0.1, 0.15) is 49.4 Å². The Labute approximate surface area is 173 Å². The van der Waals surface area contributed by atoms with Crippen LogP contribution in [0.25, 0.3) is 0 Å². The number of rotatable bonds is 8. The maximum absolute atomic E-state index is 11.7. The van der Waals surface area contributed by atoms with Gasteiger partial charge in [0.05, 0.1) is 17.1 Å². The number of aromatic hydroxyl groups is 1. The minimum atomic E-state index is -4.76. The van der Waals surface area contributed by atoms with Crippen molar-refractivity contribution in [1.82, 2.24) is 0 Å². The Morgan fingerprint density at radius 2 is 1.86 bits per heavy atom. The van der Waals surface area contributed by atoms with Gasteiger partial charge in [-0.2, -0.15) is 0 Å². The summed E-state index contributed by atoms with van der Waals surface area (Å²) in [6.07, 6.45) is 5.09. The van der Waals surface area contributed by atoms with Crippen molar-refractivity contribution in [3.8, 4) is 5.75 Å². The second kappa shape index (κ2) is 10.7. The largest absolute Gasteiger partial charge is 1.00 e. The van der Waals surface area contributed by atoms with Crippen LogP contribution in [0.3, 0.4) is 0 Å². The molecule has 0 atom stereocenters. The number of phenolic OH excluding ortho intramolecular Hbond substituents is 1. The SMILES string of the molecule is CCCCCCCOC(=O)c1ccc(S(=O)(=O)[O-])c(O)c1.[K+]. The molecule has 0 spiro atoms. The third-order valence-electron chi connectivity index (χ3n) is 2.95. The molecule has 0 aliphatic rings. The zero-order chi connectivity index (χ0) is 15.9. The summed E-state index contributed by atoms with van der Waals surface area (Å²) < 4.78 is 37.4. The maximum Gasteiger partial charge on any atom is 1.00 e. The van der Waals surface area contributed by atoms with Crippen molar-refractivity contribution in [2.45, 2.75) is 43.9 Å². The summed E-state index contributed by atoms with van der Waals surface area (Å²) in [5, 5.41) is 9.46. The van der Waals surface area contributed by atoms with Crippen LogP contribution < -0.4 is 51.4 Å². The average molecular weight is 354 g/mol. The summed E-state index contributed by atoms with van der Waals surface area (Å²) in [5.41, 5.74) is 0.00783. The number of carbonyl (C=O) groups excluding carboxylic acids is 1. The normalized spacial score (nSPS) is 10.8. The molecule has 0 unspecified atom stereocenters. The molecular formula is C14H19KO6S. The summed E-state index contributed by atoms with van der Waals surface area (Å²) in [7, 11) is -4.76. The van der Waals surface area contributed by atoms with Gasteiger partial charge in [-0.3, -0.25) is 0 Å². The van der Waals surface area contributed by atoms with Crippen LogP contribution in [-0.4, -0.2) is 30.7 Å². The van der Waals surface area contributed by atoms with Crippen LogP contribution in [0.5, 0.6) is 5.75 Å². The molecule has 0 bridgehead atoms. The van der Waals surface area contributed by atoms with Gasteiger partial charge in [-0.25, -0.2) is 13.2 Å². The molecule has 118 valence electrons. The van der Waals surface area contributed by atoms with Crippen molar-refractivity contribution < 1.29 is 79.0 Å². The van der Waals surface area contributed by atoms with E-state index in [1.807, 2.05) is 0 Å². The third-order valence-corrected chi connectivity index (χ3v) is 3.83. The fourth-order valence-electron chi connectivity index (χ4n) is 1.81.